The standard InChI is InChI=1S/C28H31IN6O4/c1-3-11-33-22-14-21(32-25(22)27(37)34(12-4-2)28(33)38)18-8-10-24(31-15-18)35(17-20-6-5-13-39-20)26(36)19-7-9-23(29)30-16-19/h7-10,14-16,20,32H,3-6,11-13,17H2,1-2H3. The molecule has 1 saturated heterocycles. The normalized spacial score (nSPS) is 15.2. The fourth-order valence-electron chi connectivity index (χ4n) is 4.94. The molecule has 1 fully saturated rings. The molecule has 4 aromatic heterocycles. The maximum Gasteiger partial charge on any atom is 0.331 e. The highest BCUT2D eigenvalue weighted by atomic mass is 127. The van der Waals surface area contributed by atoms with Crippen molar-refractivity contribution in [3.63, 3.8) is 0 Å². The predicted octanol–water partition coefficient (Wildman–Crippen LogP) is 4.20. The van der Waals surface area contributed by atoms with Crippen molar-refractivity contribution >= 4 is 45.3 Å². The average Bonchev–Trinajstić information content (AvgIpc) is 3.63. The molecule has 0 aromatic carbocycles. The van der Waals surface area contributed by atoms with Crippen molar-refractivity contribution in [2.45, 2.75) is 58.7 Å². The Labute approximate surface area is 239 Å². The minimum absolute atomic E-state index is 0.0541. The van der Waals surface area contributed by atoms with Crippen LogP contribution in [-0.4, -0.2) is 49.2 Å². The van der Waals surface area contributed by atoms with E-state index >= 15 is 0 Å². The minimum atomic E-state index is -0.320. The Morgan fingerprint density at radius 1 is 1.10 bits per heavy atom. The van der Waals surface area contributed by atoms with Crippen LogP contribution in [0.5, 0.6) is 0 Å². The van der Waals surface area contributed by atoms with Gasteiger partial charge in [0.2, 0.25) is 0 Å². The number of amides is 1. The third-order valence-corrected chi connectivity index (χ3v) is 7.51. The Kier molecular flexibility index (Phi) is 8.26. The lowest BCUT2D eigenvalue weighted by atomic mass is 10.1. The summed E-state index contributed by atoms with van der Waals surface area (Å²) in [5.41, 5.74) is 2.28. The number of rotatable bonds is 9. The van der Waals surface area contributed by atoms with Gasteiger partial charge in [-0.05, 0) is 78.6 Å². The number of ether oxygens (including phenoxy) is 1. The second kappa shape index (κ2) is 11.8. The van der Waals surface area contributed by atoms with Crippen molar-refractivity contribution < 1.29 is 9.53 Å². The molecule has 4 aromatic rings. The first-order valence-corrected chi connectivity index (χ1v) is 14.4. The molecule has 1 atom stereocenters. The number of carbonyl (C=O) groups is 1. The van der Waals surface area contributed by atoms with Crippen molar-refractivity contribution in [3.8, 4) is 11.3 Å². The molecular weight excluding hydrogens is 611 g/mol. The van der Waals surface area contributed by atoms with Gasteiger partial charge in [-0.25, -0.2) is 14.8 Å². The highest BCUT2D eigenvalue weighted by Crippen LogP contribution is 2.25. The third kappa shape index (κ3) is 5.55. The number of aromatic amines is 1. The summed E-state index contributed by atoms with van der Waals surface area (Å²) in [6.07, 6.45) is 6.50. The molecule has 39 heavy (non-hydrogen) atoms. The SMILES string of the molecule is CCCn1c(=O)c2[nH]c(-c3ccc(N(CC4CCCO4)C(=O)c4ccc(I)nc4)nc3)cc2n(CCC)c1=O. The zero-order valence-electron chi connectivity index (χ0n) is 22.0. The van der Waals surface area contributed by atoms with E-state index in [1.165, 1.54) is 4.57 Å². The molecule has 1 aliphatic heterocycles. The fraction of sp³-hybridized carbons (Fsp3) is 0.393. The summed E-state index contributed by atoms with van der Waals surface area (Å²) in [7, 11) is 0. The molecule has 10 nitrogen and oxygen atoms in total. The Hall–Kier alpha value is -3.32. The summed E-state index contributed by atoms with van der Waals surface area (Å²) < 4.78 is 9.58. The van der Waals surface area contributed by atoms with E-state index in [4.69, 9.17) is 4.74 Å². The fourth-order valence-corrected chi connectivity index (χ4v) is 5.26. The number of hydrogen-bond donors (Lipinski definition) is 1. The van der Waals surface area contributed by atoms with Crippen LogP contribution in [-0.2, 0) is 17.8 Å². The van der Waals surface area contributed by atoms with Gasteiger partial charge in [0, 0.05) is 43.3 Å². The van der Waals surface area contributed by atoms with Crippen molar-refractivity contribution in [3.05, 3.63) is 72.8 Å². The first-order valence-electron chi connectivity index (χ1n) is 13.3. The number of nitrogens with zero attached hydrogens (tertiary/aromatic N) is 5. The molecule has 1 amide bonds. The van der Waals surface area contributed by atoms with Crippen LogP contribution in [0.15, 0.2) is 52.3 Å². The molecule has 5 heterocycles. The van der Waals surface area contributed by atoms with E-state index in [1.807, 2.05) is 26.0 Å². The van der Waals surface area contributed by atoms with Gasteiger partial charge in [-0.15, -0.1) is 0 Å². The Morgan fingerprint density at radius 3 is 2.54 bits per heavy atom. The summed E-state index contributed by atoms with van der Waals surface area (Å²) in [6, 6.07) is 9.05. The number of carbonyl (C=O) groups excluding carboxylic acids is 1. The Balaban J connectivity index is 1.51. The first-order chi connectivity index (χ1) is 18.9. The van der Waals surface area contributed by atoms with Gasteiger partial charge in [0.05, 0.1) is 23.7 Å². The molecule has 0 saturated carbocycles. The topological polar surface area (TPSA) is 115 Å². The van der Waals surface area contributed by atoms with Crippen molar-refractivity contribution in [1.82, 2.24) is 24.1 Å². The van der Waals surface area contributed by atoms with Gasteiger partial charge in [0.15, 0.2) is 0 Å². The molecule has 1 aliphatic rings. The molecule has 204 valence electrons. The van der Waals surface area contributed by atoms with Crippen LogP contribution in [0, 0.1) is 3.70 Å². The largest absolute Gasteiger partial charge is 0.376 e. The number of aryl methyl sites for hydroxylation is 1. The second-order valence-electron chi connectivity index (χ2n) is 9.66. The molecule has 5 rings (SSSR count). The van der Waals surface area contributed by atoms with E-state index in [0.717, 1.165) is 28.5 Å². The smallest absolute Gasteiger partial charge is 0.331 e. The maximum atomic E-state index is 13.5. The third-order valence-electron chi connectivity index (χ3n) is 6.87. The van der Waals surface area contributed by atoms with Gasteiger partial charge >= 0.3 is 5.69 Å². The van der Waals surface area contributed by atoms with Gasteiger partial charge < -0.3 is 9.72 Å². The molecule has 0 spiro atoms. The van der Waals surface area contributed by atoms with Gasteiger partial charge in [-0.3, -0.25) is 23.6 Å². The van der Waals surface area contributed by atoms with Crippen LogP contribution in [0.3, 0.4) is 0 Å². The Morgan fingerprint density at radius 2 is 1.90 bits per heavy atom. The number of nitrogens with one attached hydrogen (secondary N) is 1. The molecule has 11 heteroatoms. The molecule has 0 radical (unpaired) electrons. The van der Waals surface area contributed by atoms with Gasteiger partial charge in [-0.2, -0.15) is 0 Å². The number of halogens is 1. The lowest BCUT2D eigenvalue weighted by molar-refractivity contribution is 0.0915. The summed E-state index contributed by atoms with van der Waals surface area (Å²) >= 11 is 2.11. The maximum absolute atomic E-state index is 13.5. The van der Waals surface area contributed by atoms with Crippen LogP contribution in [0.1, 0.15) is 49.9 Å². The van der Waals surface area contributed by atoms with Crippen LogP contribution >= 0.6 is 22.6 Å². The molecular formula is C28H31IN6O4. The van der Waals surface area contributed by atoms with E-state index in [0.29, 0.717) is 60.8 Å². The average molecular weight is 642 g/mol. The van der Waals surface area contributed by atoms with E-state index in [9.17, 15) is 14.4 Å². The second-order valence-corrected chi connectivity index (χ2v) is 10.8. The zero-order valence-corrected chi connectivity index (χ0v) is 24.2. The van der Waals surface area contributed by atoms with Crippen molar-refractivity contribution in [1.29, 1.82) is 0 Å². The molecule has 0 bridgehead atoms. The number of aromatic nitrogens is 5. The quantitative estimate of drug-likeness (QED) is 0.216. The minimum Gasteiger partial charge on any atom is -0.376 e. The molecule has 1 unspecified atom stereocenters. The predicted molar refractivity (Wildman–Crippen MR) is 158 cm³/mol. The van der Waals surface area contributed by atoms with E-state index in [2.05, 4.69) is 37.5 Å². The van der Waals surface area contributed by atoms with Gasteiger partial charge in [-0.1, -0.05) is 13.8 Å². The van der Waals surface area contributed by atoms with E-state index in [-0.39, 0.29) is 23.3 Å². The lowest BCUT2D eigenvalue weighted by Gasteiger charge is -2.24. The Bertz CT molecular complexity index is 1580. The number of pyridine rings is 2. The number of fused-ring (bicyclic) bond motifs is 1. The zero-order chi connectivity index (χ0) is 27.5. The monoisotopic (exact) mass is 642 g/mol. The summed E-state index contributed by atoms with van der Waals surface area (Å²) in [6.45, 7) is 5.90. The van der Waals surface area contributed by atoms with Gasteiger partial charge in [0.1, 0.15) is 15.0 Å². The van der Waals surface area contributed by atoms with E-state index in [1.54, 1.807) is 40.1 Å². The molecule has 0 aliphatic carbocycles. The number of H-pyrrole nitrogens is 1. The highest BCUT2D eigenvalue weighted by Gasteiger charge is 2.26. The van der Waals surface area contributed by atoms with Gasteiger partial charge in [0.25, 0.3) is 11.5 Å². The summed E-state index contributed by atoms with van der Waals surface area (Å²) in [5.74, 6) is 0.308. The van der Waals surface area contributed by atoms with E-state index < -0.39 is 0 Å². The lowest BCUT2D eigenvalue weighted by Crippen LogP contribution is -2.39. The summed E-state index contributed by atoms with van der Waals surface area (Å²) in [5, 5.41) is 0. The van der Waals surface area contributed by atoms with Crippen LogP contribution in [0.4, 0.5) is 5.82 Å². The highest BCUT2D eigenvalue weighted by molar-refractivity contribution is 14.1. The van der Waals surface area contributed by atoms with Crippen molar-refractivity contribution in [2.24, 2.45) is 0 Å². The first kappa shape index (κ1) is 27.3. The van der Waals surface area contributed by atoms with Crippen LogP contribution < -0.4 is 16.1 Å². The number of hydrogen-bond acceptors (Lipinski definition) is 6. The van der Waals surface area contributed by atoms with Crippen LogP contribution in [0.2, 0.25) is 0 Å². The molecule has 1 N–H and O–H groups in total. The number of anilines is 1. The summed E-state index contributed by atoms with van der Waals surface area (Å²) in [4.78, 5) is 53.4. The van der Waals surface area contributed by atoms with Crippen molar-refractivity contribution in [2.75, 3.05) is 18.1 Å². The van der Waals surface area contributed by atoms with Crippen LogP contribution in [0.25, 0.3) is 22.3 Å².